The molecule has 188 valence electrons. The minimum Gasteiger partial charge on any atom is -0.507 e. The van der Waals surface area contributed by atoms with Gasteiger partial charge in [0.05, 0.1) is 22.4 Å². The van der Waals surface area contributed by atoms with E-state index in [1.807, 2.05) is 83.3 Å². The Morgan fingerprint density at radius 3 is 1.81 bits per heavy atom. The molecule has 0 aliphatic heterocycles. The van der Waals surface area contributed by atoms with E-state index in [0.717, 1.165) is 32.5 Å². The normalized spacial score (nSPS) is 12.4. The van der Waals surface area contributed by atoms with E-state index in [1.54, 1.807) is 17.8 Å². The molecule has 37 heavy (non-hydrogen) atoms. The Morgan fingerprint density at radius 2 is 1.24 bits per heavy atom. The second kappa shape index (κ2) is 9.27. The maximum absolute atomic E-state index is 13.6. The number of thioether (sulfide) groups is 1. The van der Waals surface area contributed by atoms with E-state index in [1.165, 1.54) is 0 Å². The molecule has 2 aromatic heterocycles. The van der Waals surface area contributed by atoms with Gasteiger partial charge in [-0.05, 0) is 98.5 Å². The first-order valence-electron chi connectivity index (χ1n) is 12.1. The van der Waals surface area contributed by atoms with Crippen LogP contribution in [0.4, 0.5) is 0 Å². The minimum absolute atomic E-state index is 0.0218. The summed E-state index contributed by atoms with van der Waals surface area (Å²) in [6.07, 6.45) is 1.98. The predicted molar refractivity (Wildman–Crippen MR) is 149 cm³/mol. The van der Waals surface area contributed by atoms with Crippen molar-refractivity contribution in [3.05, 3.63) is 114 Å². The van der Waals surface area contributed by atoms with E-state index in [-0.39, 0.29) is 11.3 Å². The summed E-state index contributed by atoms with van der Waals surface area (Å²) in [7, 11) is 0. The number of hydrogen-bond donors (Lipinski definition) is 1. The summed E-state index contributed by atoms with van der Waals surface area (Å²) in [5.74, 6) is -1.07. The van der Waals surface area contributed by atoms with Gasteiger partial charge in [-0.2, -0.15) is 0 Å². The Hall–Kier alpha value is -3.77. The lowest BCUT2D eigenvalue weighted by Crippen LogP contribution is -2.22. The molecule has 0 fully saturated rings. The first-order chi connectivity index (χ1) is 17.6. The third-order valence-corrected chi connectivity index (χ3v) is 7.76. The Kier molecular flexibility index (Phi) is 6.24. The average molecular weight is 513 g/mol. The molecule has 0 aliphatic carbocycles. The number of hydrogen-bond acceptors (Lipinski definition) is 6. The lowest BCUT2D eigenvalue weighted by atomic mass is 9.82. The summed E-state index contributed by atoms with van der Waals surface area (Å²) >= 11 is 1.59. The van der Waals surface area contributed by atoms with Crippen molar-refractivity contribution in [2.75, 3.05) is 6.26 Å². The summed E-state index contributed by atoms with van der Waals surface area (Å²) in [6, 6.07) is 15.3. The van der Waals surface area contributed by atoms with Gasteiger partial charge in [0, 0.05) is 10.3 Å². The Morgan fingerprint density at radius 1 is 0.730 bits per heavy atom. The van der Waals surface area contributed by atoms with Crippen LogP contribution in [0.1, 0.15) is 50.4 Å². The number of aromatic hydroxyl groups is 1. The maximum Gasteiger partial charge on any atom is 0.344 e. The molecule has 6 heteroatoms. The molecule has 0 saturated carbocycles. The van der Waals surface area contributed by atoms with Gasteiger partial charge in [0.2, 0.25) is 0 Å². The molecule has 2 heterocycles. The highest BCUT2D eigenvalue weighted by atomic mass is 32.2. The smallest absolute Gasteiger partial charge is 0.344 e. The fourth-order valence-corrected chi connectivity index (χ4v) is 5.74. The lowest BCUT2D eigenvalue weighted by Gasteiger charge is -2.21. The van der Waals surface area contributed by atoms with Gasteiger partial charge < -0.3 is 13.9 Å². The molecule has 0 bridgehead atoms. The highest BCUT2D eigenvalue weighted by molar-refractivity contribution is 7.98. The third-order valence-electron chi connectivity index (χ3n) is 7.01. The van der Waals surface area contributed by atoms with Crippen LogP contribution in [-0.2, 0) is 0 Å². The highest BCUT2D eigenvalue weighted by Gasteiger charge is 2.31. The predicted octanol–water partition coefficient (Wildman–Crippen LogP) is 7.05. The van der Waals surface area contributed by atoms with Crippen molar-refractivity contribution < 1.29 is 13.9 Å². The highest BCUT2D eigenvalue weighted by Crippen LogP contribution is 2.41. The quantitative estimate of drug-likeness (QED) is 0.205. The molecule has 0 aliphatic rings. The van der Waals surface area contributed by atoms with Crippen LogP contribution in [0.15, 0.2) is 71.8 Å². The van der Waals surface area contributed by atoms with Crippen LogP contribution >= 0.6 is 11.8 Å². The van der Waals surface area contributed by atoms with Crippen LogP contribution in [0.25, 0.3) is 21.9 Å². The molecule has 5 nitrogen and oxygen atoms in total. The first-order valence-corrected chi connectivity index (χ1v) is 13.3. The van der Waals surface area contributed by atoms with Gasteiger partial charge in [-0.3, -0.25) is 0 Å². The third kappa shape index (κ3) is 4.15. The van der Waals surface area contributed by atoms with Gasteiger partial charge in [0.1, 0.15) is 16.9 Å². The molecule has 3 aromatic carbocycles. The lowest BCUT2D eigenvalue weighted by molar-refractivity contribution is 0.453. The van der Waals surface area contributed by atoms with E-state index in [9.17, 15) is 14.7 Å². The standard InChI is InChI=1S/C31H28O5S/c1-15-11-17(3)28-22(13-15)19(5)24(30(33)35-28)25(20-7-9-21(37-6)10-8-20)26-27(32)23-14-16(2)12-18(4)29(23)36-31(26)34/h7-14,25,32H,1-6H3. The SMILES string of the molecule is CSc1ccc(C(c2c(C)c3cc(C)cc(C)c3oc2=O)c2c(O)c3cc(C)cc(C)c3oc2=O)cc1. The molecule has 5 aromatic rings. The summed E-state index contributed by atoms with van der Waals surface area (Å²) in [4.78, 5) is 28.2. The second-order valence-corrected chi connectivity index (χ2v) is 10.6. The fraction of sp³-hybridized carbons (Fsp3) is 0.226. The Bertz CT molecular complexity index is 1700. The molecule has 0 amide bonds. The molecule has 5 rings (SSSR count). The minimum atomic E-state index is -0.890. The van der Waals surface area contributed by atoms with Crippen molar-refractivity contribution in [1.29, 1.82) is 0 Å². The van der Waals surface area contributed by atoms with Gasteiger partial charge in [-0.25, -0.2) is 9.59 Å². The van der Waals surface area contributed by atoms with Gasteiger partial charge in [-0.15, -0.1) is 11.8 Å². The topological polar surface area (TPSA) is 80.7 Å². The van der Waals surface area contributed by atoms with Crippen molar-refractivity contribution in [3.63, 3.8) is 0 Å². The second-order valence-electron chi connectivity index (χ2n) is 9.70. The van der Waals surface area contributed by atoms with E-state index < -0.39 is 17.2 Å². The summed E-state index contributed by atoms with van der Waals surface area (Å²) in [5, 5.41) is 12.8. The average Bonchev–Trinajstić information content (AvgIpc) is 2.85. The molecule has 1 unspecified atom stereocenters. The maximum atomic E-state index is 13.6. The van der Waals surface area contributed by atoms with E-state index in [0.29, 0.717) is 33.2 Å². The fourth-order valence-electron chi connectivity index (χ4n) is 5.33. The first kappa shape index (κ1) is 24.9. The largest absolute Gasteiger partial charge is 0.507 e. The van der Waals surface area contributed by atoms with Crippen LogP contribution in [0.2, 0.25) is 0 Å². The summed E-state index contributed by atoms with van der Waals surface area (Å²) in [5.41, 5.74) is 4.92. The van der Waals surface area contributed by atoms with Gasteiger partial charge in [0.25, 0.3) is 0 Å². The van der Waals surface area contributed by atoms with Crippen LogP contribution in [0.3, 0.4) is 0 Å². The molecular weight excluding hydrogens is 484 g/mol. The molecule has 0 saturated heterocycles. The van der Waals surface area contributed by atoms with Crippen molar-refractivity contribution in [1.82, 2.24) is 0 Å². The summed E-state index contributed by atoms with van der Waals surface area (Å²) < 4.78 is 11.6. The van der Waals surface area contributed by atoms with Crippen LogP contribution in [0, 0.1) is 34.6 Å². The molecule has 1 atom stereocenters. The summed E-state index contributed by atoms with van der Waals surface area (Å²) in [6.45, 7) is 9.52. The number of aryl methyl sites for hydroxylation is 5. The van der Waals surface area contributed by atoms with Gasteiger partial charge in [-0.1, -0.05) is 24.3 Å². The molecule has 0 radical (unpaired) electrons. The Balaban J connectivity index is 1.92. The number of rotatable bonds is 4. The number of fused-ring (bicyclic) bond motifs is 2. The van der Waals surface area contributed by atoms with E-state index >= 15 is 0 Å². The van der Waals surface area contributed by atoms with Crippen molar-refractivity contribution in [2.45, 2.75) is 45.4 Å². The van der Waals surface area contributed by atoms with Crippen molar-refractivity contribution in [3.8, 4) is 5.75 Å². The van der Waals surface area contributed by atoms with Crippen molar-refractivity contribution in [2.24, 2.45) is 0 Å². The van der Waals surface area contributed by atoms with Crippen LogP contribution < -0.4 is 11.3 Å². The number of benzene rings is 3. The zero-order chi connectivity index (χ0) is 26.6. The van der Waals surface area contributed by atoms with E-state index in [4.69, 9.17) is 8.83 Å². The van der Waals surface area contributed by atoms with Crippen molar-refractivity contribution >= 4 is 33.7 Å². The van der Waals surface area contributed by atoms with Gasteiger partial charge >= 0.3 is 11.3 Å². The molecule has 0 spiro atoms. The molecule has 1 N–H and O–H groups in total. The van der Waals surface area contributed by atoms with Crippen LogP contribution in [0.5, 0.6) is 5.75 Å². The van der Waals surface area contributed by atoms with Gasteiger partial charge in [0.15, 0.2) is 0 Å². The Labute approximate surface area is 218 Å². The zero-order valence-electron chi connectivity index (χ0n) is 21.7. The van der Waals surface area contributed by atoms with E-state index in [2.05, 4.69) is 0 Å². The zero-order valence-corrected chi connectivity index (χ0v) is 22.5. The molecular formula is C31H28O5S. The monoisotopic (exact) mass is 512 g/mol. The van der Waals surface area contributed by atoms with Crippen LogP contribution in [-0.4, -0.2) is 11.4 Å².